The molecular formula is C12H15IN2O4. The Morgan fingerprint density at radius 2 is 2.16 bits per heavy atom. The normalized spacial score (nSPS) is 26.6. The molecule has 0 spiro atoms. The first kappa shape index (κ1) is 14.5. The van der Waals surface area contributed by atoms with Crippen LogP contribution in [0.15, 0.2) is 19.9 Å². The van der Waals surface area contributed by atoms with Crippen molar-refractivity contribution >= 4 is 28.7 Å². The van der Waals surface area contributed by atoms with Crippen molar-refractivity contribution < 1.29 is 10.2 Å². The molecule has 104 valence electrons. The molecule has 6 nitrogen and oxygen atoms in total. The summed E-state index contributed by atoms with van der Waals surface area (Å²) in [5, 5.41) is 18.5. The van der Waals surface area contributed by atoms with Gasteiger partial charge in [-0.15, -0.1) is 0 Å². The molecule has 2 rings (SSSR count). The Kier molecular flexibility index (Phi) is 4.58. The van der Waals surface area contributed by atoms with E-state index in [9.17, 15) is 14.7 Å². The molecule has 0 bridgehead atoms. The molecular weight excluding hydrogens is 363 g/mol. The second kappa shape index (κ2) is 6.02. The average Bonchev–Trinajstić information content (AvgIpc) is 2.34. The van der Waals surface area contributed by atoms with Crippen LogP contribution in [-0.4, -0.2) is 33.0 Å². The Labute approximate surface area is 122 Å². The molecule has 1 saturated carbocycles. The van der Waals surface area contributed by atoms with Crippen LogP contribution in [0.4, 0.5) is 0 Å². The van der Waals surface area contributed by atoms with E-state index < -0.39 is 11.2 Å². The Bertz CT molecular complexity index is 592. The number of rotatable bonds is 4. The van der Waals surface area contributed by atoms with Crippen LogP contribution in [-0.2, 0) is 0 Å². The van der Waals surface area contributed by atoms with Crippen LogP contribution in [0.3, 0.4) is 0 Å². The molecule has 0 radical (unpaired) electrons. The number of hydrogen-bond acceptors (Lipinski definition) is 4. The van der Waals surface area contributed by atoms with Crippen LogP contribution >= 0.6 is 22.6 Å². The van der Waals surface area contributed by atoms with Gasteiger partial charge in [0.15, 0.2) is 0 Å². The van der Waals surface area contributed by atoms with E-state index in [2.05, 4.69) is 4.98 Å². The van der Waals surface area contributed by atoms with Crippen LogP contribution in [0.25, 0.3) is 6.08 Å². The third kappa shape index (κ3) is 2.67. The number of nitrogens with zero attached hydrogens (tertiary/aromatic N) is 1. The van der Waals surface area contributed by atoms with Gasteiger partial charge in [0.2, 0.25) is 0 Å². The average molecular weight is 378 g/mol. The molecule has 19 heavy (non-hydrogen) atoms. The van der Waals surface area contributed by atoms with Crippen molar-refractivity contribution in [1.29, 1.82) is 0 Å². The van der Waals surface area contributed by atoms with Crippen molar-refractivity contribution in [3.05, 3.63) is 36.7 Å². The van der Waals surface area contributed by atoms with Crippen molar-refractivity contribution in [2.45, 2.75) is 12.5 Å². The molecule has 0 aliphatic heterocycles. The number of hydrogen-bond donors (Lipinski definition) is 3. The minimum Gasteiger partial charge on any atom is -0.396 e. The van der Waals surface area contributed by atoms with E-state index in [0.29, 0.717) is 12.0 Å². The number of halogens is 1. The van der Waals surface area contributed by atoms with Gasteiger partial charge in [0.1, 0.15) is 0 Å². The van der Waals surface area contributed by atoms with Crippen molar-refractivity contribution in [2.75, 3.05) is 13.2 Å². The summed E-state index contributed by atoms with van der Waals surface area (Å²) >= 11 is 2.00. The molecule has 7 heteroatoms. The zero-order chi connectivity index (χ0) is 14.0. The summed E-state index contributed by atoms with van der Waals surface area (Å²) in [7, 11) is 0. The lowest BCUT2D eigenvalue weighted by Crippen LogP contribution is -2.47. The summed E-state index contributed by atoms with van der Waals surface area (Å²) in [5.41, 5.74) is -0.499. The fourth-order valence-corrected chi connectivity index (χ4v) is 2.90. The van der Waals surface area contributed by atoms with Crippen LogP contribution in [0.1, 0.15) is 18.0 Å². The van der Waals surface area contributed by atoms with E-state index in [4.69, 9.17) is 5.11 Å². The highest BCUT2D eigenvalue weighted by atomic mass is 127. The van der Waals surface area contributed by atoms with E-state index in [1.807, 2.05) is 22.6 Å². The van der Waals surface area contributed by atoms with Crippen LogP contribution in [0.5, 0.6) is 0 Å². The van der Waals surface area contributed by atoms with Gasteiger partial charge in [-0.1, -0.05) is 22.6 Å². The molecule has 1 aromatic heterocycles. The molecule has 0 saturated heterocycles. The minimum atomic E-state index is -0.476. The lowest BCUT2D eigenvalue weighted by Gasteiger charge is -2.43. The van der Waals surface area contributed by atoms with Gasteiger partial charge in [-0.05, 0) is 22.5 Å². The first-order chi connectivity index (χ1) is 9.12. The maximum atomic E-state index is 11.8. The van der Waals surface area contributed by atoms with Crippen molar-refractivity contribution in [1.82, 2.24) is 9.55 Å². The Balaban J connectivity index is 2.38. The van der Waals surface area contributed by atoms with Crippen LogP contribution in [0.2, 0.25) is 0 Å². The van der Waals surface area contributed by atoms with Gasteiger partial charge in [0, 0.05) is 31.4 Å². The number of nitrogens with one attached hydrogen (secondary N) is 1. The largest absolute Gasteiger partial charge is 0.396 e. The summed E-state index contributed by atoms with van der Waals surface area (Å²) in [6.07, 6.45) is 3.75. The molecule has 1 heterocycles. The van der Waals surface area contributed by atoms with E-state index in [0.717, 1.165) is 0 Å². The number of aromatic nitrogens is 2. The van der Waals surface area contributed by atoms with Gasteiger partial charge in [0.05, 0.1) is 5.56 Å². The molecule has 0 amide bonds. The maximum absolute atomic E-state index is 11.8. The molecule has 1 aromatic rings. The predicted molar refractivity (Wildman–Crippen MR) is 79.2 cm³/mol. The van der Waals surface area contributed by atoms with Crippen LogP contribution in [0, 0.1) is 11.8 Å². The Morgan fingerprint density at radius 1 is 1.42 bits per heavy atom. The van der Waals surface area contributed by atoms with Gasteiger partial charge in [-0.2, -0.15) is 0 Å². The molecule has 1 aliphatic rings. The molecule has 1 aliphatic carbocycles. The van der Waals surface area contributed by atoms with E-state index in [-0.39, 0.29) is 31.1 Å². The summed E-state index contributed by atoms with van der Waals surface area (Å²) in [4.78, 5) is 25.7. The molecule has 0 aromatic carbocycles. The van der Waals surface area contributed by atoms with E-state index in [1.165, 1.54) is 10.8 Å². The highest BCUT2D eigenvalue weighted by molar-refractivity contribution is 14.1. The lowest BCUT2D eigenvalue weighted by molar-refractivity contribution is -0.00876. The third-order valence-electron chi connectivity index (χ3n) is 3.68. The number of H-pyrrole nitrogens is 1. The Morgan fingerprint density at radius 3 is 2.74 bits per heavy atom. The highest BCUT2D eigenvalue weighted by Crippen LogP contribution is 2.42. The van der Waals surface area contributed by atoms with Crippen molar-refractivity contribution in [3.63, 3.8) is 0 Å². The van der Waals surface area contributed by atoms with Crippen LogP contribution < -0.4 is 11.2 Å². The van der Waals surface area contributed by atoms with Gasteiger partial charge in [0.25, 0.3) is 5.56 Å². The first-order valence-electron chi connectivity index (χ1n) is 5.96. The van der Waals surface area contributed by atoms with Gasteiger partial charge in [-0.25, -0.2) is 4.79 Å². The second-order valence-corrected chi connectivity index (χ2v) is 5.35. The minimum absolute atomic E-state index is 0.000338. The van der Waals surface area contributed by atoms with Crippen molar-refractivity contribution in [3.8, 4) is 0 Å². The first-order valence-corrected chi connectivity index (χ1v) is 7.20. The smallest absolute Gasteiger partial charge is 0.328 e. The van der Waals surface area contributed by atoms with Gasteiger partial charge < -0.3 is 10.2 Å². The zero-order valence-corrected chi connectivity index (χ0v) is 12.3. The Hall–Kier alpha value is -0.930. The van der Waals surface area contributed by atoms with Gasteiger partial charge in [-0.3, -0.25) is 14.3 Å². The lowest BCUT2D eigenvalue weighted by atomic mass is 9.70. The molecule has 1 fully saturated rings. The fraction of sp³-hybridized carbons (Fsp3) is 0.500. The monoisotopic (exact) mass is 378 g/mol. The molecule has 3 N–H and O–H groups in total. The zero-order valence-electron chi connectivity index (χ0n) is 10.1. The topological polar surface area (TPSA) is 95.3 Å². The quantitative estimate of drug-likeness (QED) is 0.648. The van der Waals surface area contributed by atoms with E-state index in [1.54, 1.807) is 10.2 Å². The maximum Gasteiger partial charge on any atom is 0.328 e. The molecule has 3 atom stereocenters. The fourth-order valence-electron chi connectivity index (χ4n) is 2.51. The SMILES string of the molecule is O=c1[nH]c(=O)n([C@@H]2C[C@H](CO)C2CO)cc1/C=C/I. The number of aromatic amines is 1. The molecule has 1 unspecified atom stereocenters. The predicted octanol–water partition coefficient (Wildman–Crippen LogP) is 0.104. The summed E-state index contributed by atoms with van der Waals surface area (Å²) in [6.45, 7) is -0.0841. The third-order valence-corrected chi connectivity index (χ3v) is 4.04. The van der Waals surface area contributed by atoms with E-state index >= 15 is 0 Å². The standard InChI is InChI=1S/C12H15IN2O4/c13-2-1-7-4-15(12(19)14-11(7)18)10-3-8(5-16)9(10)6-17/h1-2,4,8-10,16-17H,3,5-6H2,(H,14,18,19)/b2-1+/t8-,9?,10-/m1/s1. The summed E-state index contributed by atoms with van der Waals surface area (Å²) in [5.74, 6) is -0.137. The van der Waals surface area contributed by atoms with Crippen molar-refractivity contribution in [2.24, 2.45) is 11.8 Å². The number of aliphatic hydroxyl groups is 2. The summed E-state index contributed by atoms with van der Waals surface area (Å²) < 4.78 is 3.14. The van der Waals surface area contributed by atoms with Gasteiger partial charge >= 0.3 is 5.69 Å². The number of aliphatic hydroxyl groups excluding tert-OH is 2. The summed E-state index contributed by atoms with van der Waals surface area (Å²) in [6, 6.07) is -0.173. The highest BCUT2D eigenvalue weighted by Gasteiger charge is 2.41. The second-order valence-electron chi connectivity index (χ2n) is 4.64.